The van der Waals surface area contributed by atoms with Gasteiger partial charge >= 0.3 is 0 Å². The summed E-state index contributed by atoms with van der Waals surface area (Å²) in [7, 11) is 0. The number of anilines is 2. The molecule has 0 radical (unpaired) electrons. The maximum absolute atomic E-state index is 11.7. The molecule has 1 unspecified atom stereocenters. The Kier molecular flexibility index (Phi) is 3.76. The summed E-state index contributed by atoms with van der Waals surface area (Å²) in [5.74, 6) is 1.27. The number of aromatic nitrogens is 1. The van der Waals surface area contributed by atoms with Crippen molar-refractivity contribution in [3.8, 4) is 0 Å². The zero-order valence-corrected chi connectivity index (χ0v) is 12.0. The summed E-state index contributed by atoms with van der Waals surface area (Å²) in [6.45, 7) is 5.81. The van der Waals surface area contributed by atoms with Crippen LogP contribution in [0.1, 0.15) is 26.2 Å². The molecule has 0 saturated carbocycles. The van der Waals surface area contributed by atoms with Gasteiger partial charge in [-0.2, -0.15) is 0 Å². The molecular weight excluding hydrogens is 252 g/mol. The van der Waals surface area contributed by atoms with Crippen molar-refractivity contribution in [2.24, 2.45) is 0 Å². The second-order valence-corrected chi connectivity index (χ2v) is 5.55. The van der Waals surface area contributed by atoms with E-state index in [1.165, 1.54) is 5.69 Å². The predicted molar refractivity (Wildman–Crippen MR) is 80.0 cm³/mol. The van der Waals surface area contributed by atoms with Crippen LogP contribution in [-0.4, -0.2) is 48.0 Å². The second-order valence-electron chi connectivity index (χ2n) is 5.55. The molecule has 2 aliphatic rings. The minimum atomic E-state index is 0.328. The van der Waals surface area contributed by atoms with Gasteiger partial charge in [-0.15, -0.1) is 0 Å². The van der Waals surface area contributed by atoms with E-state index in [0.29, 0.717) is 11.9 Å². The Labute approximate surface area is 120 Å². The van der Waals surface area contributed by atoms with Crippen LogP contribution in [0.2, 0.25) is 0 Å². The fourth-order valence-corrected chi connectivity index (χ4v) is 3.06. The molecule has 1 amide bonds. The largest absolute Gasteiger partial charge is 0.370 e. The Morgan fingerprint density at radius 1 is 1.45 bits per heavy atom. The van der Waals surface area contributed by atoms with Gasteiger partial charge in [0.25, 0.3) is 0 Å². The number of amides is 1. The van der Waals surface area contributed by atoms with Gasteiger partial charge in [0.15, 0.2) is 0 Å². The molecular formula is C15H22N4O. The van der Waals surface area contributed by atoms with Gasteiger partial charge < -0.3 is 15.1 Å². The predicted octanol–water partition coefficient (Wildman–Crippen LogP) is 1.71. The molecule has 1 aromatic rings. The SMILES string of the molecule is CCCNc1cc(N2CCN3C(=O)CCC3C2)ccn1. The van der Waals surface area contributed by atoms with E-state index in [1.807, 2.05) is 11.1 Å². The molecule has 1 N–H and O–H groups in total. The lowest BCUT2D eigenvalue weighted by Gasteiger charge is -2.38. The van der Waals surface area contributed by atoms with Crippen LogP contribution in [0.4, 0.5) is 11.5 Å². The van der Waals surface area contributed by atoms with E-state index in [1.54, 1.807) is 0 Å². The highest BCUT2D eigenvalue weighted by atomic mass is 16.2. The van der Waals surface area contributed by atoms with Crippen LogP contribution in [0.25, 0.3) is 0 Å². The maximum Gasteiger partial charge on any atom is 0.223 e. The van der Waals surface area contributed by atoms with Crippen molar-refractivity contribution in [1.29, 1.82) is 0 Å². The highest BCUT2D eigenvalue weighted by Gasteiger charge is 2.35. The van der Waals surface area contributed by atoms with E-state index in [9.17, 15) is 4.79 Å². The molecule has 1 atom stereocenters. The van der Waals surface area contributed by atoms with Crippen LogP contribution in [0, 0.1) is 0 Å². The first-order valence-corrected chi connectivity index (χ1v) is 7.52. The van der Waals surface area contributed by atoms with Crippen LogP contribution < -0.4 is 10.2 Å². The molecule has 3 rings (SSSR count). The summed E-state index contributed by atoms with van der Waals surface area (Å²) >= 11 is 0. The second kappa shape index (κ2) is 5.69. The third kappa shape index (κ3) is 2.57. The smallest absolute Gasteiger partial charge is 0.223 e. The van der Waals surface area contributed by atoms with Crippen LogP contribution in [0.3, 0.4) is 0 Å². The Balaban J connectivity index is 1.69. The molecule has 2 aliphatic heterocycles. The van der Waals surface area contributed by atoms with E-state index in [4.69, 9.17) is 0 Å². The van der Waals surface area contributed by atoms with Gasteiger partial charge in [0.1, 0.15) is 5.82 Å². The number of carbonyl (C=O) groups is 1. The van der Waals surface area contributed by atoms with Gasteiger partial charge in [-0.05, 0) is 18.9 Å². The van der Waals surface area contributed by atoms with Crippen LogP contribution >= 0.6 is 0 Å². The average molecular weight is 274 g/mol. The third-order valence-corrected chi connectivity index (χ3v) is 4.16. The number of nitrogens with one attached hydrogen (secondary N) is 1. The molecule has 5 nitrogen and oxygen atoms in total. The van der Waals surface area contributed by atoms with Crippen LogP contribution in [0.15, 0.2) is 18.3 Å². The van der Waals surface area contributed by atoms with E-state index >= 15 is 0 Å². The molecule has 0 aromatic carbocycles. The molecule has 2 saturated heterocycles. The Hall–Kier alpha value is -1.78. The van der Waals surface area contributed by atoms with Gasteiger partial charge in [0.2, 0.25) is 5.91 Å². The highest BCUT2D eigenvalue weighted by Crippen LogP contribution is 2.26. The quantitative estimate of drug-likeness (QED) is 0.908. The van der Waals surface area contributed by atoms with E-state index in [-0.39, 0.29) is 0 Å². The first-order chi connectivity index (χ1) is 9.78. The summed E-state index contributed by atoms with van der Waals surface area (Å²) in [4.78, 5) is 20.5. The highest BCUT2D eigenvalue weighted by molar-refractivity contribution is 5.79. The minimum Gasteiger partial charge on any atom is -0.370 e. The number of hydrogen-bond donors (Lipinski definition) is 1. The molecule has 0 bridgehead atoms. The van der Waals surface area contributed by atoms with Crippen molar-refractivity contribution >= 4 is 17.4 Å². The number of fused-ring (bicyclic) bond motifs is 1. The Morgan fingerprint density at radius 2 is 2.35 bits per heavy atom. The lowest BCUT2D eigenvalue weighted by Crippen LogP contribution is -2.51. The number of nitrogens with zero attached hydrogens (tertiary/aromatic N) is 3. The first-order valence-electron chi connectivity index (χ1n) is 7.52. The summed E-state index contributed by atoms with van der Waals surface area (Å²) in [6.07, 6.45) is 4.67. The van der Waals surface area contributed by atoms with Crippen molar-refractivity contribution in [2.45, 2.75) is 32.2 Å². The minimum absolute atomic E-state index is 0.328. The fraction of sp³-hybridized carbons (Fsp3) is 0.600. The van der Waals surface area contributed by atoms with Gasteiger partial charge in [0.05, 0.1) is 0 Å². The lowest BCUT2D eigenvalue weighted by molar-refractivity contribution is -0.129. The monoisotopic (exact) mass is 274 g/mol. The van der Waals surface area contributed by atoms with Gasteiger partial charge in [-0.25, -0.2) is 4.98 Å². The topological polar surface area (TPSA) is 48.5 Å². The van der Waals surface area contributed by atoms with Crippen molar-refractivity contribution in [2.75, 3.05) is 36.4 Å². The van der Waals surface area contributed by atoms with Gasteiger partial charge in [-0.3, -0.25) is 4.79 Å². The third-order valence-electron chi connectivity index (χ3n) is 4.16. The number of rotatable bonds is 4. The zero-order chi connectivity index (χ0) is 13.9. The van der Waals surface area contributed by atoms with Gasteiger partial charge in [0, 0.05) is 56.6 Å². The molecule has 20 heavy (non-hydrogen) atoms. The summed E-state index contributed by atoms with van der Waals surface area (Å²) in [6, 6.07) is 4.57. The molecule has 5 heteroatoms. The number of pyridine rings is 1. The molecule has 1 aromatic heterocycles. The normalized spacial score (nSPS) is 22.1. The standard InChI is InChI=1S/C15H22N4O/c1-2-6-16-14-10-12(5-7-17-14)18-8-9-19-13(11-18)3-4-15(19)20/h5,7,10,13H,2-4,6,8-9,11H2,1H3,(H,16,17). The van der Waals surface area contributed by atoms with E-state index in [2.05, 4.69) is 34.3 Å². The van der Waals surface area contributed by atoms with Crippen molar-refractivity contribution < 1.29 is 4.79 Å². The summed E-state index contributed by atoms with van der Waals surface area (Å²) in [5.41, 5.74) is 1.21. The number of carbonyl (C=O) groups excluding carboxylic acids is 1. The van der Waals surface area contributed by atoms with Gasteiger partial charge in [-0.1, -0.05) is 6.92 Å². The average Bonchev–Trinajstić information content (AvgIpc) is 2.86. The van der Waals surface area contributed by atoms with Crippen molar-refractivity contribution in [3.05, 3.63) is 18.3 Å². The van der Waals surface area contributed by atoms with Crippen molar-refractivity contribution in [3.63, 3.8) is 0 Å². The molecule has 108 valence electrons. The van der Waals surface area contributed by atoms with E-state index < -0.39 is 0 Å². The lowest BCUT2D eigenvalue weighted by atomic mass is 10.1. The molecule has 2 fully saturated rings. The fourth-order valence-electron chi connectivity index (χ4n) is 3.06. The number of piperazine rings is 1. The Bertz CT molecular complexity index is 491. The van der Waals surface area contributed by atoms with Crippen molar-refractivity contribution in [1.82, 2.24) is 9.88 Å². The summed E-state index contributed by atoms with van der Waals surface area (Å²) in [5, 5.41) is 3.32. The van der Waals surface area contributed by atoms with E-state index in [0.717, 1.165) is 51.3 Å². The van der Waals surface area contributed by atoms with Crippen LogP contribution in [0.5, 0.6) is 0 Å². The van der Waals surface area contributed by atoms with Crippen LogP contribution in [-0.2, 0) is 4.79 Å². The first kappa shape index (κ1) is 13.2. The maximum atomic E-state index is 11.7. The zero-order valence-electron chi connectivity index (χ0n) is 12.0. The molecule has 0 aliphatic carbocycles. The Morgan fingerprint density at radius 3 is 3.20 bits per heavy atom. The number of hydrogen-bond acceptors (Lipinski definition) is 4. The molecule has 3 heterocycles. The summed E-state index contributed by atoms with van der Waals surface area (Å²) < 4.78 is 0. The molecule has 0 spiro atoms.